The van der Waals surface area contributed by atoms with Gasteiger partial charge in [-0.05, 0) is 24.7 Å². The van der Waals surface area contributed by atoms with Gasteiger partial charge in [0.25, 0.3) is 0 Å². The normalized spacial score (nSPS) is 25.5. The van der Waals surface area contributed by atoms with Crippen LogP contribution in [0.5, 0.6) is 0 Å². The maximum Gasteiger partial charge on any atom is 0.316 e. The molecule has 2 aromatic rings. The fraction of sp³-hybridized carbons (Fsp3) is 0.512. The van der Waals surface area contributed by atoms with Gasteiger partial charge in [0, 0.05) is 55.0 Å². The third-order valence-electron chi connectivity index (χ3n) is 8.96. The molecule has 0 aliphatic carbocycles. The number of carbonyl (C=O) groups excluding carboxylic acids is 8. The molecule has 338 valence electrons. The van der Waals surface area contributed by atoms with E-state index in [0.717, 1.165) is 59.1 Å². The second-order valence-corrected chi connectivity index (χ2v) is 16.3. The van der Waals surface area contributed by atoms with E-state index in [4.69, 9.17) is 47.4 Å². The number of amides is 2. The molecule has 4 rings (SSSR count). The monoisotopic (exact) mass is 890 g/mol. The van der Waals surface area contributed by atoms with Crippen molar-refractivity contribution in [1.29, 1.82) is 0 Å². The fourth-order valence-electron chi connectivity index (χ4n) is 6.71. The van der Waals surface area contributed by atoms with Crippen molar-refractivity contribution in [2.24, 2.45) is 0 Å². The Kier molecular flexibility index (Phi) is 18.6. The minimum Gasteiger partial charge on any atom is -0.463 e. The molecule has 0 saturated carbocycles. The molecule has 2 saturated heterocycles. The predicted molar refractivity (Wildman–Crippen MR) is 214 cm³/mol. The number of rotatable bonds is 17. The first-order valence-electron chi connectivity index (χ1n) is 19.4. The van der Waals surface area contributed by atoms with Gasteiger partial charge in [-0.3, -0.25) is 33.6 Å². The van der Waals surface area contributed by atoms with Crippen LogP contribution in [0.4, 0.5) is 4.79 Å². The van der Waals surface area contributed by atoms with Crippen LogP contribution in [0.25, 0.3) is 0 Å². The average molecular weight is 891 g/mol. The van der Waals surface area contributed by atoms with Crippen LogP contribution < -0.4 is 21.2 Å². The van der Waals surface area contributed by atoms with E-state index in [1.165, 1.54) is 0 Å². The van der Waals surface area contributed by atoms with Gasteiger partial charge in [-0.2, -0.15) is 0 Å². The van der Waals surface area contributed by atoms with Gasteiger partial charge in [0.05, 0.1) is 0 Å². The highest BCUT2D eigenvalue weighted by Gasteiger charge is 2.57. The highest BCUT2D eigenvalue weighted by atomic mass is 31.1. The lowest BCUT2D eigenvalue weighted by Gasteiger charge is -2.48. The molecule has 2 aliphatic heterocycles. The Bertz CT molecular complexity index is 1850. The molecule has 0 bridgehead atoms. The van der Waals surface area contributed by atoms with Crippen molar-refractivity contribution in [1.82, 2.24) is 10.6 Å². The Morgan fingerprint density at radius 3 is 1.40 bits per heavy atom. The van der Waals surface area contributed by atoms with Crippen LogP contribution in [0.3, 0.4) is 0 Å². The smallest absolute Gasteiger partial charge is 0.316 e. The number of benzene rings is 2. The molecule has 2 aliphatic rings. The van der Waals surface area contributed by atoms with Crippen LogP contribution in [-0.4, -0.2) is 135 Å². The number of esters is 7. The van der Waals surface area contributed by atoms with Gasteiger partial charge in [-0.15, -0.1) is 0 Å². The highest BCUT2D eigenvalue weighted by molar-refractivity contribution is 7.73. The van der Waals surface area contributed by atoms with Crippen LogP contribution in [0, 0.1) is 0 Å². The van der Waals surface area contributed by atoms with Crippen molar-refractivity contribution in [2.45, 2.75) is 110 Å². The van der Waals surface area contributed by atoms with Crippen molar-refractivity contribution in [3.05, 3.63) is 60.7 Å². The average Bonchev–Trinajstić information content (AvgIpc) is 3.19. The SMILES string of the molecule is CC(=O)OC[C@H]1O[C@@H](O[C@H]2[C@H](OC(C)=O)[C@@H](OC(C)=O)[C@H](NC(=O)NCCP(c3ccccc3)c3ccccc3)O[C@@H]2COC(C)=O)[C@H](OC(C)=O)[C@@H](OC(C)=O)[C@H]1OC(C)=O. The number of urea groups is 1. The minimum atomic E-state index is -1.85. The highest BCUT2D eigenvalue weighted by Crippen LogP contribution is 2.36. The van der Waals surface area contributed by atoms with Crippen LogP contribution >= 0.6 is 7.92 Å². The largest absolute Gasteiger partial charge is 0.463 e. The van der Waals surface area contributed by atoms with E-state index in [1.807, 2.05) is 60.7 Å². The van der Waals surface area contributed by atoms with Crippen LogP contribution in [0.1, 0.15) is 48.5 Å². The third kappa shape index (κ3) is 14.7. The number of ether oxygens (including phenoxy) is 10. The zero-order chi connectivity index (χ0) is 45.5. The number of hydrogen-bond acceptors (Lipinski definition) is 18. The Morgan fingerprint density at radius 2 is 0.935 bits per heavy atom. The van der Waals surface area contributed by atoms with Gasteiger partial charge >= 0.3 is 47.8 Å². The van der Waals surface area contributed by atoms with Gasteiger partial charge < -0.3 is 58.0 Å². The second kappa shape index (κ2) is 23.5. The first-order chi connectivity index (χ1) is 29.4. The van der Waals surface area contributed by atoms with Crippen molar-refractivity contribution in [3.8, 4) is 0 Å². The van der Waals surface area contributed by atoms with Gasteiger partial charge in [-0.25, -0.2) is 4.79 Å². The summed E-state index contributed by atoms with van der Waals surface area (Å²) in [5.74, 6) is -6.09. The molecular weight excluding hydrogens is 839 g/mol. The maximum atomic E-state index is 13.6. The van der Waals surface area contributed by atoms with Crippen LogP contribution in [-0.2, 0) is 80.9 Å². The summed E-state index contributed by atoms with van der Waals surface area (Å²) in [6.45, 7) is 6.36. The molecule has 10 atom stereocenters. The molecule has 21 heteroatoms. The van der Waals surface area contributed by atoms with Crippen molar-refractivity contribution in [2.75, 3.05) is 25.9 Å². The summed E-state index contributed by atoms with van der Waals surface area (Å²) in [6, 6.07) is 18.8. The van der Waals surface area contributed by atoms with Gasteiger partial charge in [0.1, 0.15) is 31.5 Å². The van der Waals surface area contributed by atoms with E-state index in [-0.39, 0.29) is 6.54 Å². The topological polar surface area (TPSA) is 253 Å². The lowest BCUT2D eigenvalue weighted by atomic mass is 9.95. The first-order valence-corrected chi connectivity index (χ1v) is 21.0. The second-order valence-electron chi connectivity index (χ2n) is 13.9. The first kappa shape index (κ1) is 49.0. The Hall–Kier alpha value is -5.69. The molecule has 2 fully saturated rings. The number of carbonyl (C=O) groups is 8. The molecule has 2 heterocycles. The molecule has 2 aromatic carbocycles. The lowest BCUT2D eigenvalue weighted by Crippen LogP contribution is -2.69. The third-order valence-corrected chi connectivity index (χ3v) is 11.5. The van der Waals surface area contributed by atoms with Crippen LogP contribution in [0.2, 0.25) is 0 Å². The summed E-state index contributed by atoms with van der Waals surface area (Å²) in [5, 5.41) is 7.58. The fourth-order valence-corrected chi connectivity index (χ4v) is 8.93. The Morgan fingerprint density at radius 1 is 0.516 bits per heavy atom. The standard InChI is InChI=1S/C41H51N2O18P/c1-22(44)52-20-31-34(61-40-38(58-28(7)50)36(56-26(5)48)33(54-24(3)46)32(60-40)21-53-23(2)45)35(55-25(4)47)37(57-27(6)49)39(59-31)43-41(51)42-18-19-62(29-14-10-8-11-15-29)30-16-12-9-13-17-30/h8-17,31-40H,18-21H2,1-7H3,(H2,42,43,51)/t31-,32-,33+,34-,35+,36+,37-,38-,39-,40+/m1/s1. The molecule has 0 aromatic heterocycles. The number of hydrogen-bond donors (Lipinski definition) is 2. The van der Waals surface area contributed by atoms with Gasteiger partial charge in [-0.1, -0.05) is 60.7 Å². The predicted octanol–water partition coefficient (Wildman–Crippen LogP) is 1.04. The van der Waals surface area contributed by atoms with E-state index in [0.29, 0.717) is 6.16 Å². The molecule has 20 nitrogen and oxygen atoms in total. The lowest BCUT2D eigenvalue weighted by molar-refractivity contribution is -0.345. The molecule has 0 unspecified atom stereocenters. The summed E-state index contributed by atoms with van der Waals surface area (Å²) < 4.78 is 56.8. The molecule has 2 amide bonds. The van der Waals surface area contributed by atoms with Crippen molar-refractivity contribution >= 4 is 66.3 Å². The number of nitrogens with one attached hydrogen (secondary N) is 2. The molecule has 62 heavy (non-hydrogen) atoms. The van der Waals surface area contributed by atoms with E-state index in [9.17, 15) is 38.4 Å². The van der Waals surface area contributed by atoms with E-state index in [2.05, 4.69) is 10.6 Å². The summed E-state index contributed by atoms with van der Waals surface area (Å²) in [4.78, 5) is 100. The summed E-state index contributed by atoms with van der Waals surface area (Å²) in [6.07, 6.45) is -15.8. The Labute approximate surface area is 358 Å². The zero-order valence-electron chi connectivity index (χ0n) is 35.2. The van der Waals surface area contributed by atoms with E-state index >= 15 is 0 Å². The van der Waals surface area contributed by atoms with E-state index in [1.54, 1.807) is 0 Å². The van der Waals surface area contributed by atoms with Crippen LogP contribution in [0.15, 0.2) is 60.7 Å². The molecule has 2 N–H and O–H groups in total. The molecule has 0 radical (unpaired) electrons. The van der Waals surface area contributed by atoms with Gasteiger partial charge in [0.15, 0.2) is 43.0 Å². The van der Waals surface area contributed by atoms with E-state index < -0.39 is 130 Å². The summed E-state index contributed by atoms with van der Waals surface area (Å²) in [5.41, 5.74) is 0. The quantitative estimate of drug-likeness (QED) is 0.128. The Balaban J connectivity index is 1.69. The minimum absolute atomic E-state index is 0.186. The maximum absolute atomic E-state index is 13.6. The zero-order valence-corrected chi connectivity index (χ0v) is 36.1. The summed E-state index contributed by atoms with van der Waals surface area (Å²) in [7, 11) is -0.892. The molecule has 0 spiro atoms. The van der Waals surface area contributed by atoms with Crippen molar-refractivity contribution < 1.29 is 85.7 Å². The van der Waals surface area contributed by atoms with Gasteiger partial charge in [0.2, 0.25) is 0 Å². The van der Waals surface area contributed by atoms with Crippen molar-refractivity contribution in [3.63, 3.8) is 0 Å². The summed E-state index contributed by atoms with van der Waals surface area (Å²) >= 11 is 0. The molecular formula is C41H51N2O18P.